The standard InChI is InChI=1S/C51H31N3O2/c1-4-15-32(16-5-1)35-21-12-22-36(29-35)37-30-42(47-39-23-10-11-27-43(39)55-45(47)31-37)38-24-14-28-44-46(38)40-25-13-26-41(48(40)56-44)51-53-49(33-17-6-2-7-18-33)52-50(54-51)34-19-8-3-9-20-34/h1-31H. The quantitative estimate of drug-likeness (QED) is 0.171. The minimum absolute atomic E-state index is 0.549. The molecule has 11 aromatic rings. The molecule has 0 radical (unpaired) electrons. The molecule has 8 aromatic carbocycles. The van der Waals surface area contributed by atoms with Gasteiger partial charge in [-0.15, -0.1) is 0 Å². The lowest BCUT2D eigenvalue weighted by molar-refractivity contribution is 0.668. The normalized spacial score (nSPS) is 11.6. The number of benzene rings is 8. The van der Waals surface area contributed by atoms with Crippen molar-refractivity contribution in [3.63, 3.8) is 0 Å². The van der Waals surface area contributed by atoms with E-state index in [4.69, 9.17) is 23.8 Å². The second kappa shape index (κ2) is 13.0. The number of aromatic nitrogens is 3. The third-order valence-corrected chi connectivity index (χ3v) is 10.5. The van der Waals surface area contributed by atoms with Crippen molar-refractivity contribution in [2.24, 2.45) is 0 Å². The lowest BCUT2D eigenvalue weighted by atomic mass is 9.91. The summed E-state index contributed by atoms with van der Waals surface area (Å²) in [6.07, 6.45) is 0. The molecule has 0 amide bonds. The maximum atomic E-state index is 6.83. The molecule has 0 aliphatic heterocycles. The zero-order valence-electron chi connectivity index (χ0n) is 30.1. The topological polar surface area (TPSA) is 65.0 Å². The molecule has 262 valence electrons. The van der Waals surface area contributed by atoms with Crippen LogP contribution in [0.4, 0.5) is 0 Å². The summed E-state index contributed by atoms with van der Waals surface area (Å²) in [5.41, 5.74) is 12.5. The third-order valence-electron chi connectivity index (χ3n) is 10.5. The van der Waals surface area contributed by atoms with E-state index in [1.54, 1.807) is 0 Å². The highest BCUT2D eigenvalue weighted by atomic mass is 16.3. The lowest BCUT2D eigenvalue weighted by Gasteiger charge is -2.11. The molecule has 0 spiro atoms. The van der Waals surface area contributed by atoms with Crippen LogP contribution >= 0.6 is 0 Å². The maximum Gasteiger partial charge on any atom is 0.167 e. The van der Waals surface area contributed by atoms with Crippen LogP contribution in [0.2, 0.25) is 0 Å². The molecule has 5 heteroatoms. The second-order valence-corrected chi connectivity index (χ2v) is 13.9. The van der Waals surface area contributed by atoms with Crippen molar-refractivity contribution in [2.45, 2.75) is 0 Å². The molecular formula is C51H31N3O2. The Labute approximate surface area is 322 Å². The Balaban J connectivity index is 1.14. The molecule has 0 unspecified atom stereocenters. The first-order chi connectivity index (χ1) is 27.7. The SMILES string of the molecule is c1ccc(-c2cccc(-c3cc(-c4cccc5oc6c(-c7nc(-c8ccccc8)nc(-c8ccccc8)n7)cccc6c45)c4c(c3)oc3ccccc34)c2)cc1. The highest BCUT2D eigenvalue weighted by Gasteiger charge is 2.22. The Morgan fingerprint density at radius 2 is 0.804 bits per heavy atom. The summed E-state index contributed by atoms with van der Waals surface area (Å²) < 4.78 is 13.4. The molecule has 0 N–H and O–H groups in total. The van der Waals surface area contributed by atoms with Crippen molar-refractivity contribution >= 4 is 43.9 Å². The summed E-state index contributed by atoms with van der Waals surface area (Å²) in [7, 11) is 0. The van der Waals surface area contributed by atoms with Gasteiger partial charge >= 0.3 is 0 Å². The zero-order valence-corrected chi connectivity index (χ0v) is 30.1. The van der Waals surface area contributed by atoms with Crippen LogP contribution in [0.5, 0.6) is 0 Å². The summed E-state index contributed by atoms with van der Waals surface area (Å²) in [5.74, 6) is 1.75. The Kier molecular flexibility index (Phi) is 7.42. The van der Waals surface area contributed by atoms with Crippen LogP contribution < -0.4 is 0 Å². The van der Waals surface area contributed by atoms with Crippen molar-refractivity contribution in [3.05, 3.63) is 188 Å². The Bertz CT molecular complexity index is 3180. The van der Waals surface area contributed by atoms with E-state index >= 15 is 0 Å². The fraction of sp³-hybridized carbons (Fsp3) is 0. The van der Waals surface area contributed by atoms with Gasteiger partial charge in [0.2, 0.25) is 0 Å². The molecule has 0 saturated heterocycles. The molecule has 0 atom stereocenters. The van der Waals surface area contributed by atoms with E-state index in [9.17, 15) is 0 Å². The average Bonchev–Trinajstić information content (AvgIpc) is 3.86. The number of furan rings is 2. The van der Waals surface area contributed by atoms with Crippen LogP contribution in [0.15, 0.2) is 197 Å². The van der Waals surface area contributed by atoms with Gasteiger partial charge in [-0.3, -0.25) is 0 Å². The van der Waals surface area contributed by atoms with Crippen LogP contribution in [0.1, 0.15) is 0 Å². The summed E-state index contributed by atoms with van der Waals surface area (Å²) in [4.78, 5) is 15.0. The van der Waals surface area contributed by atoms with E-state index in [-0.39, 0.29) is 0 Å². The summed E-state index contributed by atoms with van der Waals surface area (Å²) in [6.45, 7) is 0. The fourth-order valence-corrected chi connectivity index (χ4v) is 7.92. The van der Waals surface area contributed by atoms with Crippen molar-refractivity contribution in [1.29, 1.82) is 0 Å². The number of hydrogen-bond acceptors (Lipinski definition) is 5. The molecule has 3 heterocycles. The van der Waals surface area contributed by atoms with Crippen molar-refractivity contribution in [2.75, 3.05) is 0 Å². The van der Waals surface area contributed by atoms with Gasteiger partial charge in [0.05, 0.1) is 5.56 Å². The van der Waals surface area contributed by atoms with Crippen molar-refractivity contribution in [3.8, 4) is 67.5 Å². The van der Waals surface area contributed by atoms with E-state index in [0.29, 0.717) is 17.5 Å². The number of rotatable bonds is 6. The van der Waals surface area contributed by atoms with Crippen LogP contribution in [0.3, 0.4) is 0 Å². The smallest absolute Gasteiger partial charge is 0.167 e. The fourth-order valence-electron chi connectivity index (χ4n) is 7.92. The third kappa shape index (κ3) is 5.37. The molecule has 5 nitrogen and oxygen atoms in total. The van der Waals surface area contributed by atoms with Gasteiger partial charge in [-0.2, -0.15) is 0 Å². The average molecular weight is 718 g/mol. The molecule has 11 rings (SSSR count). The highest BCUT2D eigenvalue weighted by Crippen LogP contribution is 2.45. The Morgan fingerprint density at radius 1 is 0.286 bits per heavy atom. The molecular weight excluding hydrogens is 687 g/mol. The first-order valence-corrected chi connectivity index (χ1v) is 18.7. The predicted octanol–water partition coefficient (Wildman–Crippen LogP) is 13.7. The predicted molar refractivity (Wildman–Crippen MR) is 227 cm³/mol. The summed E-state index contributed by atoms with van der Waals surface area (Å²) in [5, 5.41) is 4.14. The van der Waals surface area contributed by atoms with Crippen LogP contribution in [-0.4, -0.2) is 15.0 Å². The molecule has 0 saturated carbocycles. The van der Waals surface area contributed by atoms with Crippen LogP contribution in [0.25, 0.3) is 111 Å². The maximum absolute atomic E-state index is 6.83. The minimum atomic E-state index is 0.549. The zero-order chi connectivity index (χ0) is 37.0. The van der Waals surface area contributed by atoms with Gasteiger partial charge in [0.25, 0.3) is 0 Å². The molecule has 0 aliphatic rings. The summed E-state index contributed by atoms with van der Waals surface area (Å²) >= 11 is 0. The highest BCUT2D eigenvalue weighted by molar-refractivity contribution is 6.21. The number of hydrogen-bond donors (Lipinski definition) is 0. The van der Waals surface area contributed by atoms with E-state index < -0.39 is 0 Å². The van der Waals surface area contributed by atoms with Gasteiger partial charge in [0.15, 0.2) is 17.5 Å². The number of para-hydroxylation sites is 2. The van der Waals surface area contributed by atoms with Crippen LogP contribution in [0, 0.1) is 0 Å². The van der Waals surface area contributed by atoms with E-state index in [0.717, 1.165) is 88.4 Å². The minimum Gasteiger partial charge on any atom is -0.456 e. The van der Waals surface area contributed by atoms with E-state index in [1.807, 2.05) is 91.0 Å². The number of fused-ring (bicyclic) bond motifs is 6. The van der Waals surface area contributed by atoms with Crippen molar-refractivity contribution in [1.82, 2.24) is 15.0 Å². The monoisotopic (exact) mass is 717 g/mol. The van der Waals surface area contributed by atoms with Gasteiger partial charge in [0.1, 0.15) is 22.3 Å². The van der Waals surface area contributed by atoms with Crippen molar-refractivity contribution < 1.29 is 8.83 Å². The van der Waals surface area contributed by atoms with Gasteiger partial charge < -0.3 is 8.83 Å². The molecule has 3 aromatic heterocycles. The van der Waals surface area contributed by atoms with Gasteiger partial charge in [-0.05, 0) is 69.8 Å². The number of nitrogens with zero attached hydrogens (tertiary/aromatic N) is 3. The molecule has 0 fully saturated rings. The lowest BCUT2D eigenvalue weighted by Crippen LogP contribution is -2.00. The van der Waals surface area contributed by atoms with Crippen LogP contribution in [-0.2, 0) is 0 Å². The van der Waals surface area contributed by atoms with Gasteiger partial charge in [-0.1, -0.05) is 152 Å². The van der Waals surface area contributed by atoms with E-state index in [2.05, 4.69) is 97.1 Å². The second-order valence-electron chi connectivity index (χ2n) is 13.9. The van der Waals surface area contributed by atoms with E-state index in [1.165, 1.54) is 5.56 Å². The Morgan fingerprint density at radius 3 is 1.54 bits per heavy atom. The van der Waals surface area contributed by atoms with Gasteiger partial charge in [-0.25, -0.2) is 15.0 Å². The Hall–Kier alpha value is -7.63. The molecule has 0 aliphatic carbocycles. The summed E-state index contributed by atoms with van der Waals surface area (Å²) in [6, 6.07) is 64.5. The first-order valence-electron chi connectivity index (χ1n) is 18.7. The largest absolute Gasteiger partial charge is 0.456 e. The first kappa shape index (κ1) is 31.9. The molecule has 0 bridgehead atoms. The molecule has 56 heavy (non-hydrogen) atoms. The van der Waals surface area contributed by atoms with Gasteiger partial charge in [0, 0.05) is 32.7 Å².